The van der Waals surface area contributed by atoms with Crippen molar-refractivity contribution in [3.63, 3.8) is 0 Å². The molecule has 1 fully saturated rings. The third kappa shape index (κ3) is 4.36. The zero-order valence-electron chi connectivity index (χ0n) is 19.9. The fraction of sp³-hybridized carbons (Fsp3) is 0.370. The van der Waals surface area contributed by atoms with Gasteiger partial charge in [0.05, 0.1) is 22.9 Å². The van der Waals surface area contributed by atoms with E-state index in [2.05, 4.69) is 15.3 Å². The maximum Gasteiger partial charge on any atom is 0.243 e. The first-order chi connectivity index (χ1) is 16.9. The Morgan fingerprint density at radius 3 is 2.40 bits per heavy atom. The van der Waals surface area contributed by atoms with Gasteiger partial charge in [0, 0.05) is 12.7 Å². The third-order valence-corrected chi connectivity index (χ3v) is 6.83. The number of benzene rings is 1. The van der Waals surface area contributed by atoms with Gasteiger partial charge in [-0.15, -0.1) is 0 Å². The molecule has 35 heavy (non-hydrogen) atoms. The standard InChI is InChI=1S/C27H29N5O3/c1-17(2)13-23(32-26(34)19-7-3-4-8-20(19)27(32)35)25(33)29-15-18-11-12-24(28-14-18)31-16-30-21-9-5-6-10-22(21)31/h3-6,9-12,14,16-17,19-20,23H,7-8,13,15H2,1-2H3,(H,29,33). The average molecular weight is 472 g/mol. The lowest BCUT2D eigenvalue weighted by atomic mass is 9.85. The fourth-order valence-electron chi connectivity index (χ4n) is 5.02. The molecule has 0 spiro atoms. The summed E-state index contributed by atoms with van der Waals surface area (Å²) in [6.45, 7) is 4.24. The van der Waals surface area contributed by atoms with Gasteiger partial charge in [-0.1, -0.05) is 44.2 Å². The molecule has 0 bridgehead atoms. The maximum atomic E-state index is 13.2. The number of pyridine rings is 1. The minimum Gasteiger partial charge on any atom is -0.350 e. The smallest absolute Gasteiger partial charge is 0.243 e. The number of rotatable bonds is 7. The molecule has 1 aliphatic carbocycles. The summed E-state index contributed by atoms with van der Waals surface area (Å²) in [4.78, 5) is 49.5. The highest BCUT2D eigenvalue weighted by molar-refractivity contribution is 6.08. The molecule has 2 aliphatic rings. The summed E-state index contributed by atoms with van der Waals surface area (Å²) >= 11 is 0. The number of aromatic nitrogens is 3. The molecule has 1 saturated heterocycles. The van der Waals surface area contributed by atoms with Gasteiger partial charge in [0.15, 0.2) is 0 Å². The topological polar surface area (TPSA) is 97.2 Å². The molecule has 2 aromatic heterocycles. The lowest BCUT2D eigenvalue weighted by Gasteiger charge is -2.27. The number of carbonyl (C=O) groups excluding carboxylic acids is 3. The van der Waals surface area contributed by atoms with Crippen molar-refractivity contribution in [3.05, 3.63) is 66.6 Å². The van der Waals surface area contributed by atoms with Crippen LogP contribution in [0.4, 0.5) is 0 Å². The number of allylic oxidation sites excluding steroid dienone is 2. The Balaban J connectivity index is 1.28. The summed E-state index contributed by atoms with van der Waals surface area (Å²) in [5, 5.41) is 2.93. The molecule has 180 valence electrons. The zero-order valence-corrected chi connectivity index (χ0v) is 19.9. The molecule has 3 unspecified atom stereocenters. The minimum atomic E-state index is -0.801. The number of amides is 3. The summed E-state index contributed by atoms with van der Waals surface area (Å²) < 4.78 is 1.91. The van der Waals surface area contributed by atoms with Crippen LogP contribution >= 0.6 is 0 Å². The maximum absolute atomic E-state index is 13.2. The third-order valence-electron chi connectivity index (χ3n) is 6.83. The van der Waals surface area contributed by atoms with Crippen LogP contribution in [0, 0.1) is 17.8 Å². The van der Waals surface area contributed by atoms with Crippen LogP contribution < -0.4 is 5.32 Å². The number of para-hydroxylation sites is 2. The first-order valence-corrected chi connectivity index (χ1v) is 12.1. The molecule has 8 nitrogen and oxygen atoms in total. The Bertz CT molecular complexity index is 1270. The van der Waals surface area contributed by atoms with Crippen LogP contribution in [0.5, 0.6) is 0 Å². The molecule has 3 heterocycles. The normalized spacial score (nSPS) is 20.5. The fourth-order valence-corrected chi connectivity index (χ4v) is 5.02. The highest BCUT2D eigenvalue weighted by atomic mass is 16.2. The van der Waals surface area contributed by atoms with Gasteiger partial charge in [0.1, 0.15) is 18.2 Å². The number of hydrogen-bond acceptors (Lipinski definition) is 5. The molecule has 3 atom stereocenters. The van der Waals surface area contributed by atoms with Crippen molar-refractivity contribution in [2.75, 3.05) is 0 Å². The van der Waals surface area contributed by atoms with Crippen molar-refractivity contribution in [1.82, 2.24) is 24.8 Å². The second kappa shape index (κ2) is 9.44. The first-order valence-electron chi connectivity index (χ1n) is 12.1. The molecule has 0 radical (unpaired) electrons. The second-order valence-corrected chi connectivity index (χ2v) is 9.69. The monoisotopic (exact) mass is 471 g/mol. The quantitative estimate of drug-likeness (QED) is 0.421. The largest absolute Gasteiger partial charge is 0.350 e. The molecule has 1 aromatic carbocycles. The number of fused-ring (bicyclic) bond motifs is 2. The van der Waals surface area contributed by atoms with E-state index in [-0.39, 0.29) is 42.0 Å². The Morgan fingerprint density at radius 2 is 1.74 bits per heavy atom. The van der Waals surface area contributed by atoms with Crippen LogP contribution in [0.2, 0.25) is 0 Å². The molecule has 8 heteroatoms. The zero-order chi connectivity index (χ0) is 24.5. The van der Waals surface area contributed by atoms with Gasteiger partial charge in [-0.05, 0) is 48.9 Å². The predicted molar refractivity (Wildman–Crippen MR) is 131 cm³/mol. The van der Waals surface area contributed by atoms with Crippen LogP contribution in [-0.2, 0) is 20.9 Å². The SMILES string of the molecule is CC(C)CC(C(=O)NCc1ccc(-n2cnc3ccccc32)nc1)N1C(=O)C2CC=CCC2C1=O. The lowest BCUT2D eigenvalue weighted by molar-refractivity contribution is -0.148. The highest BCUT2D eigenvalue weighted by Gasteiger charge is 2.51. The minimum absolute atomic E-state index is 0.151. The first kappa shape index (κ1) is 23.0. The molecule has 1 N–H and O–H groups in total. The summed E-state index contributed by atoms with van der Waals surface area (Å²) in [5.74, 6) is -0.546. The van der Waals surface area contributed by atoms with Crippen LogP contribution in [0.1, 0.15) is 38.7 Å². The van der Waals surface area contributed by atoms with Crippen molar-refractivity contribution in [1.29, 1.82) is 0 Å². The number of nitrogens with zero attached hydrogens (tertiary/aromatic N) is 4. The Hall–Kier alpha value is -3.81. The molecule has 3 aromatic rings. The summed E-state index contributed by atoms with van der Waals surface area (Å²) in [7, 11) is 0. The van der Waals surface area contributed by atoms with Crippen LogP contribution in [0.25, 0.3) is 16.9 Å². The van der Waals surface area contributed by atoms with E-state index in [1.165, 1.54) is 4.90 Å². The van der Waals surface area contributed by atoms with E-state index in [4.69, 9.17) is 0 Å². The van der Waals surface area contributed by atoms with Gasteiger partial charge in [0.25, 0.3) is 0 Å². The van der Waals surface area contributed by atoms with Crippen LogP contribution in [0.15, 0.2) is 61.1 Å². The van der Waals surface area contributed by atoms with Crippen molar-refractivity contribution in [3.8, 4) is 5.82 Å². The second-order valence-electron chi connectivity index (χ2n) is 9.69. The van der Waals surface area contributed by atoms with Gasteiger partial charge < -0.3 is 5.32 Å². The summed E-state index contributed by atoms with van der Waals surface area (Å²) in [5.41, 5.74) is 2.68. The Labute approximate surface area is 204 Å². The van der Waals surface area contributed by atoms with E-state index in [0.29, 0.717) is 19.3 Å². The van der Waals surface area contributed by atoms with E-state index in [1.807, 2.05) is 67.0 Å². The van der Waals surface area contributed by atoms with E-state index in [0.717, 1.165) is 22.4 Å². The molecule has 5 rings (SSSR count). The number of imide groups is 1. The van der Waals surface area contributed by atoms with Crippen molar-refractivity contribution in [2.24, 2.45) is 17.8 Å². The van der Waals surface area contributed by atoms with Crippen LogP contribution in [-0.4, -0.2) is 43.2 Å². The van der Waals surface area contributed by atoms with E-state index >= 15 is 0 Å². The predicted octanol–water partition coefficient (Wildman–Crippen LogP) is 3.40. The van der Waals surface area contributed by atoms with Gasteiger partial charge in [-0.2, -0.15) is 0 Å². The number of carbonyl (C=O) groups is 3. The van der Waals surface area contributed by atoms with Gasteiger partial charge in [-0.25, -0.2) is 9.97 Å². The molecule has 1 aliphatic heterocycles. The average Bonchev–Trinajstić information content (AvgIpc) is 3.41. The number of hydrogen-bond donors (Lipinski definition) is 1. The molecule has 0 saturated carbocycles. The molecule has 3 amide bonds. The van der Waals surface area contributed by atoms with Crippen molar-refractivity contribution >= 4 is 28.8 Å². The van der Waals surface area contributed by atoms with E-state index < -0.39 is 6.04 Å². The number of imidazole rings is 1. The van der Waals surface area contributed by atoms with E-state index in [9.17, 15) is 14.4 Å². The Morgan fingerprint density at radius 1 is 1.03 bits per heavy atom. The van der Waals surface area contributed by atoms with E-state index in [1.54, 1.807) is 12.5 Å². The number of likely N-dealkylation sites (tertiary alicyclic amines) is 1. The van der Waals surface area contributed by atoms with Gasteiger partial charge in [0.2, 0.25) is 17.7 Å². The van der Waals surface area contributed by atoms with Gasteiger partial charge >= 0.3 is 0 Å². The number of nitrogens with one attached hydrogen (secondary N) is 1. The Kier molecular flexibility index (Phi) is 6.19. The molecular formula is C27H29N5O3. The lowest BCUT2D eigenvalue weighted by Crippen LogP contribution is -2.50. The highest BCUT2D eigenvalue weighted by Crippen LogP contribution is 2.37. The summed E-state index contributed by atoms with van der Waals surface area (Å²) in [6, 6.07) is 10.8. The molecular weight excluding hydrogens is 442 g/mol. The summed E-state index contributed by atoms with van der Waals surface area (Å²) in [6.07, 6.45) is 8.92. The van der Waals surface area contributed by atoms with Gasteiger partial charge in [-0.3, -0.25) is 23.9 Å². The van der Waals surface area contributed by atoms with Crippen molar-refractivity contribution in [2.45, 2.75) is 45.7 Å². The van der Waals surface area contributed by atoms with Crippen molar-refractivity contribution < 1.29 is 14.4 Å². The van der Waals surface area contributed by atoms with Crippen LogP contribution in [0.3, 0.4) is 0 Å².